The molecule has 0 saturated carbocycles. The summed E-state index contributed by atoms with van der Waals surface area (Å²) in [5, 5.41) is 2.60. The SMILES string of the molecule is CCCCOC(=O)c1ccc(NC(=O)COC(=O)CCc2ccco2)cc1. The number of ether oxygens (including phenoxy) is 2. The van der Waals surface area contributed by atoms with E-state index in [0.29, 0.717) is 30.0 Å². The summed E-state index contributed by atoms with van der Waals surface area (Å²) in [5.74, 6) is -0.650. The van der Waals surface area contributed by atoms with Gasteiger partial charge in [-0.2, -0.15) is 0 Å². The Kier molecular flexibility index (Phi) is 8.09. The van der Waals surface area contributed by atoms with Crippen LogP contribution in [0, 0.1) is 0 Å². The maximum absolute atomic E-state index is 11.8. The molecule has 7 nitrogen and oxygen atoms in total. The fourth-order valence-electron chi connectivity index (χ4n) is 2.18. The van der Waals surface area contributed by atoms with Crippen LogP contribution in [0.1, 0.15) is 42.3 Å². The average molecular weight is 373 g/mol. The number of hydrogen-bond acceptors (Lipinski definition) is 6. The van der Waals surface area contributed by atoms with Crippen molar-refractivity contribution < 1.29 is 28.3 Å². The summed E-state index contributed by atoms with van der Waals surface area (Å²) in [6.45, 7) is 2.03. The molecule has 0 unspecified atom stereocenters. The number of anilines is 1. The molecule has 0 aliphatic carbocycles. The quantitative estimate of drug-likeness (QED) is 0.507. The Balaban J connectivity index is 1.70. The molecule has 1 aromatic carbocycles. The lowest BCUT2D eigenvalue weighted by Crippen LogP contribution is -2.21. The van der Waals surface area contributed by atoms with Crippen LogP contribution in [0.2, 0.25) is 0 Å². The molecule has 0 saturated heterocycles. The van der Waals surface area contributed by atoms with Gasteiger partial charge in [0, 0.05) is 12.1 Å². The zero-order valence-corrected chi connectivity index (χ0v) is 15.2. The van der Waals surface area contributed by atoms with E-state index < -0.39 is 17.8 Å². The monoisotopic (exact) mass is 373 g/mol. The van der Waals surface area contributed by atoms with Crippen LogP contribution in [-0.4, -0.2) is 31.1 Å². The van der Waals surface area contributed by atoms with Gasteiger partial charge in [0.25, 0.3) is 5.91 Å². The highest BCUT2D eigenvalue weighted by molar-refractivity contribution is 5.94. The molecule has 1 N–H and O–H groups in total. The first-order valence-corrected chi connectivity index (χ1v) is 8.83. The fourth-order valence-corrected chi connectivity index (χ4v) is 2.18. The van der Waals surface area contributed by atoms with E-state index in [1.165, 1.54) is 6.26 Å². The largest absolute Gasteiger partial charge is 0.469 e. The molecule has 0 atom stereocenters. The normalized spacial score (nSPS) is 10.3. The van der Waals surface area contributed by atoms with E-state index in [9.17, 15) is 14.4 Å². The third-order valence-electron chi connectivity index (χ3n) is 3.66. The summed E-state index contributed by atoms with van der Waals surface area (Å²) in [4.78, 5) is 35.3. The molecule has 0 fully saturated rings. The second-order valence-corrected chi connectivity index (χ2v) is 5.86. The summed E-state index contributed by atoms with van der Waals surface area (Å²) >= 11 is 0. The van der Waals surface area contributed by atoms with Crippen LogP contribution in [0.15, 0.2) is 47.1 Å². The third kappa shape index (κ3) is 7.35. The highest BCUT2D eigenvalue weighted by Crippen LogP contribution is 2.11. The maximum atomic E-state index is 11.8. The van der Waals surface area contributed by atoms with Gasteiger partial charge in [-0.3, -0.25) is 9.59 Å². The van der Waals surface area contributed by atoms with Gasteiger partial charge in [0.2, 0.25) is 0 Å². The number of amides is 1. The van der Waals surface area contributed by atoms with Crippen LogP contribution < -0.4 is 5.32 Å². The number of esters is 2. The lowest BCUT2D eigenvalue weighted by Gasteiger charge is -2.08. The van der Waals surface area contributed by atoms with Crippen LogP contribution in [-0.2, 0) is 25.5 Å². The topological polar surface area (TPSA) is 94.8 Å². The van der Waals surface area contributed by atoms with Gasteiger partial charge >= 0.3 is 11.9 Å². The minimum absolute atomic E-state index is 0.135. The van der Waals surface area contributed by atoms with E-state index in [1.807, 2.05) is 6.92 Å². The van der Waals surface area contributed by atoms with E-state index in [2.05, 4.69) is 5.32 Å². The average Bonchev–Trinajstić information content (AvgIpc) is 3.19. The van der Waals surface area contributed by atoms with Crippen molar-refractivity contribution in [2.45, 2.75) is 32.6 Å². The van der Waals surface area contributed by atoms with Crippen LogP contribution >= 0.6 is 0 Å². The Morgan fingerprint density at radius 3 is 2.52 bits per heavy atom. The standard InChI is InChI=1S/C20H23NO6/c1-2-3-12-26-20(24)15-6-8-16(9-7-15)21-18(22)14-27-19(23)11-10-17-5-4-13-25-17/h4-9,13H,2-3,10-12,14H2,1H3,(H,21,22). The molecule has 1 heterocycles. The summed E-state index contributed by atoms with van der Waals surface area (Å²) < 4.78 is 15.2. The molecule has 0 aliphatic rings. The van der Waals surface area contributed by atoms with Gasteiger partial charge in [-0.25, -0.2) is 4.79 Å². The number of nitrogens with one attached hydrogen (secondary N) is 1. The minimum Gasteiger partial charge on any atom is -0.469 e. The maximum Gasteiger partial charge on any atom is 0.338 e. The molecule has 7 heteroatoms. The Labute approximate surface area is 157 Å². The molecule has 2 rings (SSSR count). The molecule has 27 heavy (non-hydrogen) atoms. The molecule has 1 amide bonds. The van der Waals surface area contributed by atoms with Crippen molar-refractivity contribution in [1.29, 1.82) is 0 Å². The molecule has 0 spiro atoms. The predicted molar refractivity (Wildman–Crippen MR) is 98.3 cm³/mol. The summed E-state index contributed by atoms with van der Waals surface area (Å²) in [7, 11) is 0. The first-order chi connectivity index (χ1) is 13.1. The van der Waals surface area contributed by atoms with Crippen molar-refractivity contribution in [3.05, 3.63) is 54.0 Å². The molecule has 0 bridgehead atoms. The lowest BCUT2D eigenvalue weighted by molar-refractivity contribution is -0.147. The van der Waals surface area contributed by atoms with Gasteiger partial charge in [0.1, 0.15) is 5.76 Å². The van der Waals surface area contributed by atoms with E-state index in [0.717, 1.165) is 12.8 Å². The van der Waals surface area contributed by atoms with Gasteiger partial charge in [-0.05, 0) is 42.8 Å². The molecular weight excluding hydrogens is 350 g/mol. The van der Waals surface area contributed by atoms with Gasteiger partial charge in [0.05, 0.1) is 24.9 Å². The van der Waals surface area contributed by atoms with Crippen molar-refractivity contribution >= 4 is 23.5 Å². The predicted octanol–water partition coefficient (Wildman–Crippen LogP) is 3.35. The van der Waals surface area contributed by atoms with Crippen molar-refractivity contribution in [2.75, 3.05) is 18.5 Å². The van der Waals surface area contributed by atoms with E-state index >= 15 is 0 Å². The molecule has 2 aromatic rings. The second-order valence-electron chi connectivity index (χ2n) is 5.86. The van der Waals surface area contributed by atoms with Crippen molar-refractivity contribution in [3.8, 4) is 0 Å². The highest BCUT2D eigenvalue weighted by Gasteiger charge is 2.10. The van der Waals surface area contributed by atoms with Gasteiger partial charge in [-0.1, -0.05) is 13.3 Å². The van der Waals surface area contributed by atoms with Gasteiger partial charge in [0.15, 0.2) is 6.61 Å². The molecular formula is C20H23NO6. The Morgan fingerprint density at radius 2 is 1.85 bits per heavy atom. The van der Waals surface area contributed by atoms with Gasteiger partial charge in [-0.15, -0.1) is 0 Å². The number of rotatable bonds is 10. The van der Waals surface area contributed by atoms with Crippen molar-refractivity contribution in [3.63, 3.8) is 0 Å². The van der Waals surface area contributed by atoms with E-state index in [1.54, 1.807) is 36.4 Å². The number of carbonyl (C=O) groups excluding carboxylic acids is 3. The van der Waals surface area contributed by atoms with Crippen LogP contribution in [0.5, 0.6) is 0 Å². The minimum atomic E-state index is -0.480. The summed E-state index contributed by atoms with van der Waals surface area (Å²) in [6.07, 6.45) is 3.86. The zero-order valence-electron chi connectivity index (χ0n) is 15.2. The number of unbranched alkanes of at least 4 members (excludes halogenated alkanes) is 1. The van der Waals surface area contributed by atoms with E-state index in [-0.39, 0.29) is 13.0 Å². The first-order valence-electron chi connectivity index (χ1n) is 8.83. The Hall–Kier alpha value is -3.09. The van der Waals surface area contributed by atoms with Crippen LogP contribution in [0.25, 0.3) is 0 Å². The fraction of sp³-hybridized carbons (Fsp3) is 0.350. The molecule has 144 valence electrons. The number of furan rings is 1. The Bertz CT molecular complexity index is 736. The summed E-state index contributed by atoms with van der Waals surface area (Å²) in [6, 6.07) is 9.83. The van der Waals surface area contributed by atoms with Crippen LogP contribution in [0.3, 0.4) is 0 Å². The van der Waals surface area contributed by atoms with E-state index in [4.69, 9.17) is 13.9 Å². The van der Waals surface area contributed by atoms with Crippen molar-refractivity contribution in [2.24, 2.45) is 0 Å². The molecule has 0 aliphatic heterocycles. The first kappa shape index (κ1) is 20.2. The Morgan fingerprint density at radius 1 is 1.07 bits per heavy atom. The van der Waals surface area contributed by atoms with Crippen LogP contribution in [0.4, 0.5) is 5.69 Å². The number of benzene rings is 1. The zero-order chi connectivity index (χ0) is 19.5. The number of hydrogen-bond donors (Lipinski definition) is 1. The molecule has 1 aromatic heterocycles. The number of carbonyl (C=O) groups is 3. The second kappa shape index (κ2) is 10.8. The third-order valence-corrected chi connectivity index (χ3v) is 3.66. The smallest absolute Gasteiger partial charge is 0.338 e. The molecule has 0 radical (unpaired) electrons. The van der Waals surface area contributed by atoms with Crippen molar-refractivity contribution in [1.82, 2.24) is 0 Å². The number of aryl methyl sites for hydroxylation is 1. The lowest BCUT2D eigenvalue weighted by atomic mass is 10.2. The summed E-state index contributed by atoms with van der Waals surface area (Å²) in [5.41, 5.74) is 0.908. The highest BCUT2D eigenvalue weighted by atomic mass is 16.5. The van der Waals surface area contributed by atoms with Gasteiger partial charge < -0.3 is 19.2 Å².